The summed E-state index contributed by atoms with van der Waals surface area (Å²) >= 11 is 0. The second-order valence-corrected chi connectivity index (χ2v) is 6.95. The largest absolute Gasteiger partial charge is 0.339 e. The van der Waals surface area contributed by atoms with Gasteiger partial charge in [0, 0.05) is 24.6 Å². The number of piperidine rings is 1. The van der Waals surface area contributed by atoms with E-state index in [2.05, 4.69) is 10.1 Å². The lowest BCUT2D eigenvalue weighted by Gasteiger charge is -2.31. The maximum atomic E-state index is 13.1. The molecule has 1 aliphatic heterocycles. The Morgan fingerprint density at radius 3 is 2.46 bits per heavy atom. The molecule has 0 N–H and O–H groups in total. The van der Waals surface area contributed by atoms with Gasteiger partial charge >= 0.3 is 0 Å². The third-order valence-electron chi connectivity index (χ3n) is 4.92. The van der Waals surface area contributed by atoms with Gasteiger partial charge in [0.05, 0.1) is 6.42 Å². The summed E-state index contributed by atoms with van der Waals surface area (Å²) in [6.45, 7) is 1.14. The van der Waals surface area contributed by atoms with Gasteiger partial charge in [-0.1, -0.05) is 17.3 Å². The fraction of sp³-hybridized carbons (Fsp3) is 0.286. The van der Waals surface area contributed by atoms with Gasteiger partial charge in [-0.15, -0.1) is 0 Å². The number of benzene rings is 2. The number of rotatable bonds is 4. The minimum Gasteiger partial charge on any atom is -0.339 e. The Morgan fingerprint density at radius 1 is 1.07 bits per heavy atom. The predicted molar refractivity (Wildman–Crippen MR) is 97.8 cm³/mol. The molecule has 28 heavy (non-hydrogen) atoms. The van der Waals surface area contributed by atoms with Crippen molar-refractivity contribution in [2.75, 3.05) is 13.1 Å². The van der Waals surface area contributed by atoms with Gasteiger partial charge in [-0.3, -0.25) is 4.79 Å². The highest BCUT2D eigenvalue weighted by molar-refractivity contribution is 5.94. The van der Waals surface area contributed by atoms with Crippen molar-refractivity contribution in [2.24, 2.45) is 0 Å². The van der Waals surface area contributed by atoms with Crippen LogP contribution in [0.1, 0.15) is 46.4 Å². The van der Waals surface area contributed by atoms with Crippen molar-refractivity contribution >= 4 is 5.91 Å². The van der Waals surface area contributed by atoms with Crippen LogP contribution >= 0.6 is 0 Å². The van der Waals surface area contributed by atoms with E-state index in [4.69, 9.17) is 4.52 Å². The van der Waals surface area contributed by atoms with Gasteiger partial charge in [0.1, 0.15) is 11.6 Å². The first-order valence-corrected chi connectivity index (χ1v) is 9.20. The van der Waals surface area contributed by atoms with Crippen LogP contribution in [0.4, 0.5) is 8.78 Å². The lowest BCUT2D eigenvalue weighted by molar-refractivity contribution is 0.0703. The Kier molecular flexibility index (Phi) is 5.14. The zero-order chi connectivity index (χ0) is 19.5. The maximum absolute atomic E-state index is 13.1. The Morgan fingerprint density at radius 2 is 1.75 bits per heavy atom. The monoisotopic (exact) mass is 383 g/mol. The standard InChI is InChI=1S/C21H19F2N3O2/c22-17-7-3-14(4-8-17)12-19-24-20(25-28-19)16-2-1-11-26(13-16)21(27)15-5-9-18(23)10-6-15/h3-10,16H,1-2,11-13H2. The lowest BCUT2D eigenvalue weighted by Crippen LogP contribution is -2.39. The summed E-state index contributed by atoms with van der Waals surface area (Å²) < 4.78 is 31.4. The topological polar surface area (TPSA) is 59.2 Å². The highest BCUT2D eigenvalue weighted by atomic mass is 19.1. The van der Waals surface area contributed by atoms with E-state index in [0.29, 0.717) is 36.8 Å². The molecule has 1 unspecified atom stereocenters. The van der Waals surface area contributed by atoms with Crippen molar-refractivity contribution in [1.82, 2.24) is 15.0 Å². The van der Waals surface area contributed by atoms with E-state index in [0.717, 1.165) is 18.4 Å². The van der Waals surface area contributed by atoms with E-state index in [1.54, 1.807) is 17.0 Å². The van der Waals surface area contributed by atoms with Crippen LogP contribution in [-0.4, -0.2) is 34.0 Å². The first-order chi connectivity index (χ1) is 13.6. The van der Waals surface area contributed by atoms with E-state index >= 15 is 0 Å². The number of hydrogen-bond acceptors (Lipinski definition) is 4. The SMILES string of the molecule is O=C(c1ccc(F)cc1)N1CCCC(c2noc(Cc3ccc(F)cc3)n2)C1. The average Bonchev–Trinajstić information content (AvgIpc) is 3.18. The molecule has 1 amide bonds. The minimum atomic E-state index is -0.367. The molecule has 7 heteroatoms. The number of halogens is 2. The van der Waals surface area contributed by atoms with Gasteiger partial charge in [-0.2, -0.15) is 4.98 Å². The quantitative estimate of drug-likeness (QED) is 0.684. The molecule has 1 atom stereocenters. The zero-order valence-electron chi connectivity index (χ0n) is 15.1. The molecule has 1 aliphatic rings. The third-order valence-corrected chi connectivity index (χ3v) is 4.92. The summed E-state index contributed by atoms with van der Waals surface area (Å²) in [5.41, 5.74) is 1.35. The van der Waals surface area contributed by atoms with E-state index in [1.807, 2.05) is 0 Å². The number of nitrogens with zero attached hydrogens (tertiary/aromatic N) is 3. The first-order valence-electron chi connectivity index (χ1n) is 9.20. The second-order valence-electron chi connectivity index (χ2n) is 6.95. The van der Waals surface area contributed by atoms with Crippen molar-refractivity contribution in [3.63, 3.8) is 0 Å². The van der Waals surface area contributed by atoms with Crippen LogP contribution < -0.4 is 0 Å². The molecule has 0 saturated carbocycles. The second kappa shape index (κ2) is 7.88. The normalized spacial score (nSPS) is 16.9. The first kappa shape index (κ1) is 18.3. The summed E-state index contributed by atoms with van der Waals surface area (Å²) in [6, 6.07) is 11.7. The van der Waals surface area contributed by atoms with Crippen LogP contribution in [0.5, 0.6) is 0 Å². The molecule has 1 fully saturated rings. The molecule has 3 aromatic rings. The van der Waals surface area contributed by atoms with Crippen LogP contribution in [0.15, 0.2) is 53.1 Å². The van der Waals surface area contributed by atoms with Gasteiger partial charge in [-0.05, 0) is 54.8 Å². The zero-order valence-corrected chi connectivity index (χ0v) is 15.1. The van der Waals surface area contributed by atoms with Crippen molar-refractivity contribution < 1.29 is 18.1 Å². The fourth-order valence-corrected chi connectivity index (χ4v) is 3.43. The summed E-state index contributed by atoms with van der Waals surface area (Å²) in [7, 11) is 0. The van der Waals surface area contributed by atoms with Gasteiger partial charge in [0.2, 0.25) is 5.89 Å². The highest BCUT2D eigenvalue weighted by Gasteiger charge is 2.28. The Bertz CT molecular complexity index is 955. The molecule has 4 rings (SSSR count). The van der Waals surface area contributed by atoms with Crippen LogP contribution in [0.3, 0.4) is 0 Å². The molecule has 2 heterocycles. The average molecular weight is 383 g/mol. The molecular formula is C21H19F2N3O2. The maximum Gasteiger partial charge on any atom is 0.253 e. The Balaban J connectivity index is 1.43. The Labute approximate surface area is 161 Å². The van der Waals surface area contributed by atoms with Crippen molar-refractivity contribution in [3.05, 3.63) is 83.0 Å². The van der Waals surface area contributed by atoms with Crippen LogP contribution in [0.2, 0.25) is 0 Å². The number of hydrogen-bond donors (Lipinski definition) is 0. The van der Waals surface area contributed by atoms with Gasteiger partial charge in [0.15, 0.2) is 5.82 Å². The number of aromatic nitrogens is 2. The number of carbonyl (C=O) groups excluding carboxylic acids is 1. The fourth-order valence-electron chi connectivity index (χ4n) is 3.43. The van der Waals surface area contributed by atoms with Crippen molar-refractivity contribution in [3.8, 4) is 0 Å². The van der Waals surface area contributed by atoms with E-state index in [-0.39, 0.29) is 23.5 Å². The minimum absolute atomic E-state index is 0.0103. The summed E-state index contributed by atoms with van der Waals surface area (Å²) in [6.07, 6.45) is 2.13. The predicted octanol–water partition coefficient (Wildman–Crippen LogP) is 3.96. The van der Waals surface area contributed by atoms with E-state index in [9.17, 15) is 13.6 Å². The van der Waals surface area contributed by atoms with Gasteiger partial charge in [-0.25, -0.2) is 8.78 Å². The van der Waals surface area contributed by atoms with Gasteiger partial charge in [0.25, 0.3) is 5.91 Å². The summed E-state index contributed by atoms with van der Waals surface area (Å²) in [4.78, 5) is 18.9. The summed E-state index contributed by atoms with van der Waals surface area (Å²) in [5.74, 6) is 0.248. The van der Waals surface area contributed by atoms with Crippen LogP contribution in [0, 0.1) is 11.6 Å². The van der Waals surface area contributed by atoms with Crippen LogP contribution in [-0.2, 0) is 6.42 Å². The van der Waals surface area contributed by atoms with Gasteiger partial charge < -0.3 is 9.42 Å². The highest BCUT2D eigenvalue weighted by Crippen LogP contribution is 2.26. The third kappa shape index (κ3) is 4.08. The van der Waals surface area contributed by atoms with E-state index in [1.165, 1.54) is 36.4 Å². The molecule has 0 bridgehead atoms. The summed E-state index contributed by atoms with van der Waals surface area (Å²) in [5, 5.41) is 4.08. The van der Waals surface area contributed by atoms with Crippen molar-refractivity contribution in [1.29, 1.82) is 0 Å². The molecule has 2 aromatic carbocycles. The number of carbonyl (C=O) groups is 1. The molecule has 5 nitrogen and oxygen atoms in total. The number of amides is 1. The lowest BCUT2D eigenvalue weighted by atomic mass is 9.96. The molecular weight excluding hydrogens is 364 g/mol. The molecule has 144 valence electrons. The van der Waals surface area contributed by atoms with Crippen LogP contribution in [0.25, 0.3) is 0 Å². The Hall–Kier alpha value is -3.09. The van der Waals surface area contributed by atoms with E-state index < -0.39 is 0 Å². The van der Waals surface area contributed by atoms with Crippen molar-refractivity contribution in [2.45, 2.75) is 25.2 Å². The smallest absolute Gasteiger partial charge is 0.253 e. The molecule has 0 spiro atoms. The molecule has 1 aromatic heterocycles. The molecule has 0 radical (unpaired) electrons. The molecule has 0 aliphatic carbocycles. The molecule has 1 saturated heterocycles. The number of likely N-dealkylation sites (tertiary alicyclic amines) is 1.